The smallest absolute Gasteiger partial charge is 0.164 e. The van der Waals surface area contributed by atoms with Crippen molar-refractivity contribution in [2.24, 2.45) is 0 Å². The van der Waals surface area contributed by atoms with Crippen molar-refractivity contribution in [2.75, 3.05) is 0 Å². The summed E-state index contributed by atoms with van der Waals surface area (Å²) in [6, 6.07) is 113. The first-order valence-corrected chi connectivity index (χ1v) is 27.5. The van der Waals surface area contributed by atoms with Gasteiger partial charge >= 0.3 is 0 Å². The predicted molar refractivity (Wildman–Crippen MR) is 327 cm³/mol. The summed E-state index contributed by atoms with van der Waals surface area (Å²) in [5.41, 5.74) is 23.1. The Labute approximate surface area is 466 Å². The van der Waals surface area contributed by atoms with Gasteiger partial charge in [-0.3, -0.25) is 0 Å². The second-order valence-electron chi connectivity index (χ2n) is 21.0. The van der Waals surface area contributed by atoms with Gasteiger partial charge in [0.15, 0.2) is 17.5 Å². The van der Waals surface area contributed by atoms with Crippen LogP contribution in [0.5, 0.6) is 0 Å². The zero-order valence-electron chi connectivity index (χ0n) is 43.8. The molecule has 3 heteroatoms. The summed E-state index contributed by atoms with van der Waals surface area (Å²) < 4.78 is 0. The molecule has 0 spiro atoms. The Morgan fingerprint density at radius 2 is 0.450 bits per heavy atom. The fourth-order valence-electron chi connectivity index (χ4n) is 13.1. The summed E-state index contributed by atoms with van der Waals surface area (Å²) in [6.07, 6.45) is 0. The van der Waals surface area contributed by atoms with Gasteiger partial charge in [0.1, 0.15) is 0 Å². The first-order chi connectivity index (χ1) is 39.6. The van der Waals surface area contributed by atoms with E-state index >= 15 is 0 Å². The molecule has 15 rings (SSSR count). The van der Waals surface area contributed by atoms with Gasteiger partial charge in [0.2, 0.25) is 0 Å². The van der Waals surface area contributed by atoms with Crippen molar-refractivity contribution >= 4 is 0 Å². The maximum Gasteiger partial charge on any atom is 0.164 e. The lowest BCUT2D eigenvalue weighted by molar-refractivity contribution is 0.768. The molecule has 2 aliphatic rings. The predicted octanol–water partition coefficient (Wildman–Crippen LogP) is 18.6. The van der Waals surface area contributed by atoms with E-state index in [4.69, 9.17) is 15.0 Å². The van der Waals surface area contributed by atoms with E-state index in [1.165, 1.54) is 66.8 Å². The van der Waals surface area contributed by atoms with Crippen LogP contribution in [0.2, 0.25) is 0 Å². The minimum absolute atomic E-state index is 0.568. The van der Waals surface area contributed by atoms with E-state index in [0.29, 0.717) is 17.5 Å². The average Bonchev–Trinajstić information content (AvgIpc) is 4.09. The third-order valence-electron chi connectivity index (χ3n) is 16.7. The maximum atomic E-state index is 5.42. The van der Waals surface area contributed by atoms with Crippen LogP contribution in [-0.2, 0) is 10.8 Å². The number of benzene rings is 12. The topological polar surface area (TPSA) is 38.7 Å². The molecule has 0 N–H and O–H groups in total. The Hall–Kier alpha value is -10.4. The van der Waals surface area contributed by atoms with Gasteiger partial charge in [-0.25, -0.2) is 15.0 Å². The highest BCUT2D eigenvalue weighted by Gasteiger charge is 2.47. The first kappa shape index (κ1) is 46.9. The third kappa shape index (κ3) is 7.54. The molecule has 13 aromatic rings. The molecule has 80 heavy (non-hydrogen) atoms. The van der Waals surface area contributed by atoms with Gasteiger partial charge in [-0.15, -0.1) is 0 Å². The van der Waals surface area contributed by atoms with Crippen LogP contribution < -0.4 is 0 Å². The summed E-state index contributed by atoms with van der Waals surface area (Å²) in [5, 5.41) is 0. The lowest BCUT2D eigenvalue weighted by Crippen LogP contribution is -2.28. The highest BCUT2D eigenvalue weighted by Crippen LogP contribution is 2.59. The summed E-state index contributed by atoms with van der Waals surface area (Å²) in [5.74, 6) is 1.82. The Morgan fingerprint density at radius 3 is 0.863 bits per heavy atom. The number of hydrogen-bond donors (Lipinski definition) is 0. The standard InChI is InChI=1S/C77H51N3/c1-7-23-52(24-8-1)53-39-41-55(42-40-53)74-78-73(54-25-9-2-10-26-54)79-75(80-74)60-48-58(56-43-45-67-65-35-19-21-37-69(65)76(71(67)50-56,61-27-11-3-12-28-61)62-29-13-4-14-30-62)47-59(49-60)57-44-46-68-66-36-20-22-38-70(66)77(72(68)51-57,63-31-15-5-16-32-63)64-33-17-6-18-34-64/h1-51H. The molecule has 12 aromatic carbocycles. The normalized spacial score (nSPS) is 13.2. The SMILES string of the molecule is c1ccc(-c2ccc(-c3nc(-c4ccccc4)nc(-c4cc(-c5ccc6c(c5)C(c5ccccc5)(c5ccccc5)c5ccccc5-6)cc(-c5ccc6c(c5)C(c5ccccc5)(c5ccccc5)c5ccccc5-6)c4)n3)cc2)cc1. The minimum Gasteiger partial charge on any atom is -0.208 e. The molecule has 1 aromatic heterocycles. The van der Waals surface area contributed by atoms with Crippen LogP contribution >= 0.6 is 0 Å². The van der Waals surface area contributed by atoms with E-state index in [0.717, 1.165) is 50.1 Å². The van der Waals surface area contributed by atoms with Crippen molar-refractivity contribution in [3.8, 4) is 89.8 Å². The van der Waals surface area contributed by atoms with Gasteiger partial charge in [0.05, 0.1) is 10.8 Å². The largest absolute Gasteiger partial charge is 0.208 e. The molecule has 0 amide bonds. The minimum atomic E-state index is -0.568. The van der Waals surface area contributed by atoms with Crippen LogP contribution in [0.25, 0.3) is 89.8 Å². The fraction of sp³-hybridized carbons (Fsp3) is 0.0260. The summed E-state index contributed by atoms with van der Waals surface area (Å²) in [6.45, 7) is 0. The molecular formula is C77H51N3. The molecule has 0 aliphatic heterocycles. The molecule has 0 fully saturated rings. The van der Waals surface area contributed by atoms with Crippen molar-refractivity contribution < 1.29 is 0 Å². The van der Waals surface area contributed by atoms with Gasteiger partial charge in [0.25, 0.3) is 0 Å². The van der Waals surface area contributed by atoms with Crippen molar-refractivity contribution in [3.63, 3.8) is 0 Å². The van der Waals surface area contributed by atoms with Crippen molar-refractivity contribution in [1.82, 2.24) is 15.0 Å². The maximum absolute atomic E-state index is 5.42. The second kappa shape index (κ2) is 19.3. The summed E-state index contributed by atoms with van der Waals surface area (Å²) in [7, 11) is 0. The molecule has 1 heterocycles. The summed E-state index contributed by atoms with van der Waals surface area (Å²) in [4.78, 5) is 16.0. The molecule has 0 saturated carbocycles. The Morgan fingerprint density at radius 1 is 0.175 bits per heavy atom. The molecule has 374 valence electrons. The Bertz CT molecular complexity index is 4150. The lowest BCUT2D eigenvalue weighted by Gasteiger charge is -2.34. The number of hydrogen-bond acceptors (Lipinski definition) is 3. The molecule has 2 aliphatic carbocycles. The molecule has 0 bridgehead atoms. The van der Waals surface area contributed by atoms with Gasteiger partial charge in [-0.2, -0.15) is 0 Å². The molecule has 0 radical (unpaired) electrons. The van der Waals surface area contributed by atoms with Gasteiger partial charge < -0.3 is 0 Å². The molecule has 0 atom stereocenters. The van der Waals surface area contributed by atoms with E-state index in [2.05, 4.69) is 285 Å². The van der Waals surface area contributed by atoms with E-state index in [1.54, 1.807) is 0 Å². The first-order valence-electron chi connectivity index (χ1n) is 27.5. The average molecular weight is 1020 g/mol. The van der Waals surface area contributed by atoms with Gasteiger partial charge in [-0.1, -0.05) is 279 Å². The fourth-order valence-corrected chi connectivity index (χ4v) is 13.1. The van der Waals surface area contributed by atoms with Crippen LogP contribution in [0.3, 0.4) is 0 Å². The van der Waals surface area contributed by atoms with Crippen LogP contribution in [0, 0.1) is 0 Å². The zero-order valence-corrected chi connectivity index (χ0v) is 43.8. The monoisotopic (exact) mass is 1020 g/mol. The highest BCUT2D eigenvalue weighted by molar-refractivity contribution is 5.92. The number of rotatable bonds is 10. The van der Waals surface area contributed by atoms with Gasteiger partial charge in [-0.05, 0) is 130 Å². The van der Waals surface area contributed by atoms with Crippen LogP contribution in [0.4, 0.5) is 0 Å². The van der Waals surface area contributed by atoms with Crippen molar-refractivity contribution in [3.05, 3.63) is 354 Å². The Balaban J connectivity index is 0.979. The third-order valence-corrected chi connectivity index (χ3v) is 16.7. The molecule has 0 saturated heterocycles. The van der Waals surface area contributed by atoms with E-state index in [-0.39, 0.29) is 0 Å². The van der Waals surface area contributed by atoms with Gasteiger partial charge in [0, 0.05) is 16.7 Å². The number of aromatic nitrogens is 3. The quantitative estimate of drug-likeness (QED) is 0.137. The summed E-state index contributed by atoms with van der Waals surface area (Å²) >= 11 is 0. The van der Waals surface area contributed by atoms with Crippen LogP contribution in [0.15, 0.2) is 309 Å². The lowest BCUT2D eigenvalue weighted by atomic mass is 9.67. The number of nitrogens with zero attached hydrogens (tertiary/aromatic N) is 3. The number of fused-ring (bicyclic) bond motifs is 6. The molecule has 0 unspecified atom stereocenters. The van der Waals surface area contributed by atoms with Crippen molar-refractivity contribution in [2.45, 2.75) is 10.8 Å². The molecule has 3 nitrogen and oxygen atoms in total. The van der Waals surface area contributed by atoms with E-state index < -0.39 is 10.8 Å². The second-order valence-corrected chi connectivity index (χ2v) is 21.0. The van der Waals surface area contributed by atoms with Crippen LogP contribution in [0.1, 0.15) is 44.5 Å². The van der Waals surface area contributed by atoms with E-state index in [1.807, 2.05) is 24.3 Å². The molecular weight excluding hydrogens is 967 g/mol. The Kier molecular flexibility index (Phi) is 11.3. The van der Waals surface area contributed by atoms with Crippen molar-refractivity contribution in [1.29, 1.82) is 0 Å². The zero-order chi connectivity index (χ0) is 53.0. The highest BCUT2D eigenvalue weighted by atomic mass is 15.0. The van der Waals surface area contributed by atoms with Crippen LogP contribution in [-0.4, -0.2) is 15.0 Å². The van der Waals surface area contributed by atoms with E-state index in [9.17, 15) is 0 Å².